The van der Waals surface area contributed by atoms with Crippen molar-refractivity contribution in [1.82, 2.24) is 4.90 Å². The van der Waals surface area contributed by atoms with Crippen LogP contribution in [0.5, 0.6) is 0 Å². The molecule has 1 heterocycles. The van der Waals surface area contributed by atoms with Crippen molar-refractivity contribution in [2.24, 2.45) is 0 Å². The molecular formula is C11H23NO2. The van der Waals surface area contributed by atoms with E-state index in [0.717, 1.165) is 32.7 Å². The van der Waals surface area contributed by atoms with E-state index < -0.39 is 0 Å². The largest absolute Gasteiger partial charge is 0.385 e. The van der Waals surface area contributed by atoms with E-state index >= 15 is 0 Å². The monoisotopic (exact) mass is 201 g/mol. The summed E-state index contributed by atoms with van der Waals surface area (Å²) >= 11 is 0. The van der Waals surface area contributed by atoms with Crippen LogP contribution in [0.3, 0.4) is 0 Å². The third-order valence-corrected chi connectivity index (χ3v) is 2.27. The first-order chi connectivity index (χ1) is 6.51. The molecular weight excluding hydrogens is 178 g/mol. The van der Waals surface area contributed by atoms with Gasteiger partial charge in [0.1, 0.15) is 0 Å². The lowest BCUT2D eigenvalue weighted by atomic mass is 10.1. The Bertz CT molecular complexity index is 159. The molecule has 84 valence electrons. The van der Waals surface area contributed by atoms with Crippen LogP contribution in [0.15, 0.2) is 0 Å². The van der Waals surface area contributed by atoms with Gasteiger partial charge in [-0.25, -0.2) is 0 Å². The van der Waals surface area contributed by atoms with E-state index in [2.05, 4.69) is 25.7 Å². The van der Waals surface area contributed by atoms with Gasteiger partial charge in [0.2, 0.25) is 0 Å². The number of nitrogens with zero attached hydrogens (tertiary/aromatic N) is 1. The molecule has 14 heavy (non-hydrogen) atoms. The molecule has 1 saturated heterocycles. The van der Waals surface area contributed by atoms with E-state index in [1.807, 2.05) is 0 Å². The van der Waals surface area contributed by atoms with E-state index in [0.29, 0.717) is 6.10 Å². The van der Waals surface area contributed by atoms with Crippen LogP contribution >= 0.6 is 0 Å². The molecule has 0 aromatic carbocycles. The summed E-state index contributed by atoms with van der Waals surface area (Å²) in [5, 5.41) is 0. The Morgan fingerprint density at radius 3 is 2.43 bits per heavy atom. The number of hydrogen-bond acceptors (Lipinski definition) is 3. The minimum absolute atomic E-state index is 0.00326. The Kier molecular flexibility index (Phi) is 4.35. The number of likely N-dealkylation sites (tertiary alicyclic amines) is 1. The summed E-state index contributed by atoms with van der Waals surface area (Å²) in [5.41, 5.74) is 0.00326. The summed E-state index contributed by atoms with van der Waals surface area (Å²) in [5.74, 6) is 0. The fourth-order valence-corrected chi connectivity index (χ4v) is 1.71. The van der Waals surface area contributed by atoms with Gasteiger partial charge in [0.25, 0.3) is 0 Å². The van der Waals surface area contributed by atoms with Gasteiger partial charge >= 0.3 is 0 Å². The van der Waals surface area contributed by atoms with Gasteiger partial charge in [-0.3, -0.25) is 4.90 Å². The van der Waals surface area contributed by atoms with Crippen molar-refractivity contribution in [1.29, 1.82) is 0 Å². The highest BCUT2D eigenvalue weighted by Crippen LogP contribution is 2.18. The Hall–Kier alpha value is -0.120. The fraction of sp³-hybridized carbons (Fsp3) is 1.00. The lowest BCUT2D eigenvalue weighted by Gasteiger charge is -2.42. The molecule has 0 bridgehead atoms. The number of ether oxygens (including phenoxy) is 2. The normalized spacial score (nSPS) is 19.7. The topological polar surface area (TPSA) is 21.7 Å². The zero-order valence-corrected chi connectivity index (χ0v) is 9.88. The molecule has 0 aliphatic carbocycles. The highest BCUT2D eigenvalue weighted by molar-refractivity contribution is 4.82. The fourth-order valence-electron chi connectivity index (χ4n) is 1.71. The van der Waals surface area contributed by atoms with Crippen molar-refractivity contribution in [3.8, 4) is 0 Å². The Labute approximate surface area is 87.4 Å². The number of methoxy groups -OCH3 is 1. The second kappa shape index (κ2) is 5.10. The van der Waals surface area contributed by atoms with Crippen molar-refractivity contribution in [3.63, 3.8) is 0 Å². The lowest BCUT2D eigenvalue weighted by Crippen LogP contribution is -2.54. The quantitative estimate of drug-likeness (QED) is 0.630. The maximum Gasteiger partial charge on any atom is 0.0835 e. The number of hydrogen-bond donors (Lipinski definition) is 0. The Balaban J connectivity index is 2.00. The first kappa shape index (κ1) is 12.0. The van der Waals surface area contributed by atoms with Gasteiger partial charge in [-0.15, -0.1) is 0 Å². The summed E-state index contributed by atoms with van der Waals surface area (Å²) in [4.78, 5) is 2.41. The SMILES string of the molecule is COCCCN1CC(OC(C)(C)C)C1. The summed E-state index contributed by atoms with van der Waals surface area (Å²) in [6.07, 6.45) is 1.57. The summed E-state index contributed by atoms with van der Waals surface area (Å²) < 4.78 is 10.8. The van der Waals surface area contributed by atoms with Crippen LogP contribution in [0.4, 0.5) is 0 Å². The van der Waals surface area contributed by atoms with Crippen molar-refractivity contribution < 1.29 is 9.47 Å². The summed E-state index contributed by atoms with van der Waals surface area (Å²) in [7, 11) is 1.75. The van der Waals surface area contributed by atoms with Crippen molar-refractivity contribution in [3.05, 3.63) is 0 Å². The minimum Gasteiger partial charge on any atom is -0.385 e. The highest BCUT2D eigenvalue weighted by Gasteiger charge is 2.30. The average Bonchev–Trinajstić information content (AvgIpc) is 1.97. The van der Waals surface area contributed by atoms with Crippen LogP contribution in [0.2, 0.25) is 0 Å². The first-order valence-corrected chi connectivity index (χ1v) is 5.40. The van der Waals surface area contributed by atoms with Gasteiger partial charge in [-0.2, -0.15) is 0 Å². The maximum atomic E-state index is 5.84. The smallest absolute Gasteiger partial charge is 0.0835 e. The molecule has 1 aliphatic rings. The number of rotatable bonds is 5. The highest BCUT2D eigenvalue weighted by atomic mass is 16.5. The van der Waals surface area contributed by atoms with E-state index in [9.17, 15) is 0 Å². The van der Waals surface area contributed by atoms with E-state index in [1.165, 1.54) is 0 Å². The summed E-state index contributed by atoms with van der Waals surface area (Å²) in [6.45, 7) is 10.5. The summed E-state index contributed by atoms with van der Waals surface area (Å²) in [6, 6.07) is 0. The minimum atomic E-state index is 0.00326. The maximum absolute atomic E-state index is 5.84. The second-order valence-electron chi connectivity index (χ2n) is 4.96. The van der Waals surface area contributed by atoms with E-state index in [-0.39, 0.29) is 5.60 Å². The lowest BCUT2D eigenvalue weighted by molar-refractivity contribution is -0.124. The third kappa shape index (κ3) is 4.40. The van der Waals surface area contributed by atoms with Crippen molar-refractivity contribution in [2.75, 3.05) is 33.4 Å². The zero-order valence-electron chi connectivity index (χ0n) is 9.88. The molecule has 0 N–H and O–H groups in total. The molecule has 1 rings (SSSR count). The standard InChI is InChI=1S/C11H23NO2/c1-11(2,3)14-10-8-12(9-10)6-5-7-13-4/h10H,5-9H2,1-4H3. The predicted octanol–water partition coefficient (Wildman–Crippen LogP) is 1.52. The van der Waals surface area contributed by atoms with Crippen molar-refractivity contribution in [2.45, 2.75) is 38.9 Å². The molecule has 0 radical (unpaired) electrons. The molecule has 0 aromatic heterocycles. The average molecular weight is 201 g/mol. The molecule has 0 aromatic rings. The first-order valence-electron chi connectivity index (χ1n) is 5.40. The molecule has 1 aliphatic heterocycles. The molecule has 0 atom stereocenters. The van der Waals surface area contributed by atoms with Gasteiger partial charge in [0, 0.05) is 33.4 Å². The molecule has 0 amide bonds. The van der Waals surface area contributed by atoms with Gasteiger partial charge in [0.05, 0.1) is 11.7 Å². The van der Waals surface area contributed by atoms with E-state index in [1.54, 1.807) is 7.11 Å². The Morgan fingerprint density at radius 2 is 1.93 bits per heavy atom. The second-order valence-corrected chi connectivity index (χ2v) is 4.96. The van der Waals surface area contributed by atoms with Crippen LogP contribution < -0.4 is 0 Å². The Morgan fingerprint density at radius 1 is 1.29 bits per heavy atom. The predicted molar refractivity (Wildman–Crippen MR) is 57.6 cm³/mol. The molecule has 1 fully saturated rings. The van der Waals surface area contributed by atoms with Crippen molar-refractivity contribution >= 4 is 0 Å². The molecule has 0 unspecified atom stereocenters. The molecule has 3 nitrogen and oxygen atoms in total. The van der Waals surface area contributed by atoms with Gasteiger partial charge < -0.3 is 9.47 Å². The van der Waals surface area contributed by atoms with E-state index in [4.69, 9.17) is 9.47 Å². The molecule has 3 heteroatoms. The van der Waals surface area contributed by atoms with Gasteiger partial charge in [0.15, 0.2) is 0 Å². The van der Waals surface area contributed by atoms with Crippen LogP contribution in [0.25, 0.3) is 0 Å². The van der Waals surface area contributed by atoms with Crippen LogP contribution in [0, 0.1) is 0 Å². The van der Waals surface area contributed by atoms with Gasteiger partial charge in [-0.1, -0.05) is 0 Å². The van der Waals surface area contributed by atoms with Crippen LogP contribution in [0.1, 0.15) is 27.2 Å². The van der Waals surface area contributed by atoms with Gasteiger partial charge in [-0.05, 0) is 27.2 Å². The molecule has 0 spiro atoms. The zero-order chi connectivity index (χ0) is 10.6. The molecule has 0 saturated carbocycles. The third-order valence-electron chi connectivity index (χ3n) is 2.27. The van der Waals surface area contributed by atoms with Crippen LogP contribution in [-0.4, -0.2) is 50.0 Å². The van der Waals surface area contributed by atoms with Crippen LogP contribution in [-0.2, 0) is 9.47 Å².